The van der Waals surface area contributed by atoms with Crippen LogP contribution in [0.1, 0.15) is 28.3 Å². The van der Waals surface area contributed by atoms with Crippen LogP contribution < -0.4 is 4.74 Å². The van der Waals surface area contributed by atoms with Gasteiger partial charge in [0, 0.05) is 31.7 Å². The average Bonchev–Trinajstić information content (AvgIpc) is 3.12. The van der Waals surface area contributed by atoms with Crippen molar-refractivity contribution in [2.24, 2.45) is 0 Å². The lowest BCUT2D eigenvalue weighted by Gasteiger charge is -2.31. The first-order chi connectivity index (χ1) is 16.9. The van der Waals surface area contributed by atoms with Crippen molar-refractivity contribution in [3.8, 4) is 5.75 Å². The number of nitrogens with zero attached hydrogens (tertiary/aromatic N) is 2. The molecule has 0 saturated carbocycles. The molecule has 0 radical (unpaired) electrons. The zero-order valence-electron chi connectivity index (χ0n) is 20.3. The fourth-order valence-electron chi connectivity index (χ4n) is 4.54. The van der Waals surface area contributed by atoms with Crippen molar-refractivity contribution in [3.63, 3.8) is 0 Å². The van der Waals surface area contributed by atoms with Crippen LogP contribution in [0.25, 0.3) is 5.76 Å². The zero-order valence-corrected chi connectivity index (χ0v) is 20.3. The fourth-order valence-corrected chi connectivity index (χ4v) is 4.54. The third-order valence-electron chi connectivity index (χ3n) is 6.50. The van der Waals surface area contributed by atoms with E-state index >= 15 is 0 Å². The van der Waals surface area contributed by atoms with Gasteiger partial charge in [0.2, 0.25) is 0 Å². The molecule has 2 heterocycles. The molecule has 1 atom stereocenters. The Morgan fingerprint density at radius 2 is 1.83 bits per heavy atom. The average molecular weight is 477 g/mol. The van der Waals surface area contributed by atoms with Gasteiger partial charge in [0.1, 0.15) is 18.1 Å². The van der Waals surface area contributed by atoms with E-state index in [1.165, 1.54) is 0 Å². The fraction of sp³-hybridized carbons (Fsp3) is 0.357. The molecular formula is C28H32N2O5. The number of carbonyl (C=O) groups excluding carboxylic acids is 2. The Bertz CT molecular complexity index is 1130. The lowest BCUT2D eigenvalue weighted by molar-refractivity contribution is -0.140. The minimum Gasteiger partial charge on any atom is -0.507 e. The molecule has 1 unspecified atom stereocenters. The normalized spacial score (nSPS) is 20.3. The molecule has 0 aromatic heterocycles. The number of ketones is 1. The van der Waals surface area contributed by atoms with Gasteiger partial charge < -0.3 is 19.5 Å². The predicted octanol–water partition coefficient (Wildman–Crippen LogP) is 3.62. The summed E-state index contributed by atoms with van der Waals surface area (Å²) in [7, 11) is 0. The number of aryl methyl sites for hydroxylation is 2. The highest BCUT2D eigenvalue weighted by Gasteiger charge is 2.46. The van der Waals surface area contributed by atoms with Crippen molar-refractivity contribution in [2.45, 2.75) is 19.9 Å². The molecule has 7 heteroatoms. The maximum atomic E-state index is 13.2. The minimum absolute atomic E-state index is 0.111. The van der Waals surface area contributed by atoms with Crippen molar-refractivity contribution < 1.29 is 24.2 Å². The van der Waals surface area contributed by atoms with Crippen molar-refractivity contribution in [2.75, 3.05) is 46.0 Å². The Morgan fingerprint density at radius 3 is 2.49 bits per heavy atom. The first-order valence-corrected chi connectivity index (χ1v) is 11.9. The Kier molecular flexibility index (Phi) is 7.68. The summed E-state index contributed by atoms with van der Waals surface area (Å²) in [6, 6.07) is 12.3. The van der Waals surface area contributed by atoms with Crippen molar-refractivity contribution in [1.82, 2.24) is 9.80 Å². The van der Waals surface area contributed by atoms with Gasteiger partial charge >= 0.3 is 0 Å². The summed E-state index contributed by atoms with van der Waals surface area (Å²) in [6.45, 7) is 11.8. The largest absolute Gasteiger partial charge is 0.507 e. The van der Waals surface area contributed by atoms with E-state index < -0.39 is 17.7 Å². The van der Waals surface area contributed by atoms with E-state index in [4.69, 9.17) is 9.47 Å². The standard InChI is InChI=1S/C28H32N2O5/c1-4-15-35-23-10-9-22(18-20(23)3)26(31)24-25(21-7-5-19(2)6-8-21)30(28(33)27(24)32)12-11-29-13-16-34-17-14-29/h4-10,18,25,31H,1,11-17H2,2-3H3/b26-24-. The number of aliphatic hydroxyl groups is 1. The Morgan fingerprint density at radius 1 is 1.11 bits per heavy atom. The van der Waals surface area contributed by atoms with Crippen LogP contribution in [0.5, 0.6) is 5.75 Å². The summed E-state index contributed by atoms with van der Waals surface area (Å²) in [5.41, 5.74) is 3.26. The number of rotatable bonds is 8. The van der Waals surface area contributed by atoms with E-state index in [0.717, 1.165) is 29.8 Å². The molecule has 2 aliphatic heterocycles. The van der Waals surface area contributed by atoms with Crippen molar-refractivity contribution in [1.29, 1.82) is 0 Å². The monoisotopic (exact) mass is 476 g/mol. The van der Waals surface area contributed by atoms with Crippen molar-refractivity contribution in [3.05, 3.63) is 82.9 Å². The molecule has 2 aliphatic rings. The van der Waals surface area contributed by atoms with Gasteiger partial charge in [-0.3, -0.25) is 14.5 Å². The van der Waals surface area contributed by atoms with Crippen molar-refractivity contribution >= 4 is 17.4 Å². The molecule has 2 aromatic rings. The highest BCUT2D eigenvalue weighted by molar-refractivity contribution is 6.46. The summed E-state index contributed by atoms with van der Waals surface area (Å²) < 4.78 is 11.1. The van der Waals surface area contributed by atoms with Crippen LogP contribution in [-0.4, -0.2) is 72.6 Å². The Balaban J connectivity index is 1.71. The van der Waals surface area contributed by atoms with Crippen LogP contribution in [0.2, 0.25) is 0 Å². The quantitative estimate of drug-likeness (QED) is 0.271. The number of hydrogen-bond acceptors (Lipinski definition) is 6. The summed E-state index contributed by atoms with van der Waals surface area (Å²) in [5, 5.41) is 11.3. The van der Waals surface area contributed by atoms with Gasteiger partial charge in [-0.05, 0) is 43.2 Å². The molecule has 1 amide bonds. The van der Waals surface area contributed by atoms with Crippen LogP contribution >= 0.6 is 0 Å². The third kappa shape index (κ3) is 5.31. The first-order valence-electron chi connectivity index (χ1n) is 11.9. The number of morpholine rings is 1. The number of amides is 1. The molecule has 35 heavy (non-hydrogen) atoms. The number of aliphatic hydroxyl groups excluding tert-OH is 1. The summed E-state index contributed by atoms with van der Waals surface area (Å²) >= 11 is 0. The SMILES string of the molecule is C=CCOc1ccc(/C(O)=C2/C(=O)C(=O)N(CCN3CCOCC3)C2c2ccc(C)cc2)cc1C. The molecule has 184 valence electrons. The molecule has 4 rings (SSSR count). The van der Waals surface area contributed by atoms with Gasteiger partial charge in [-0.2, -0.15) is 0 Å². The number of likely N-dealkylation sites (tertiary alicyclic amines) is 1. The van der Waals surface area contributed by atoms with Gasteiger partial charge in [-0.1, -0.05) is 42.5 Å². The number of ether oxygens (including phenoxy) is 2. The van der Waals surface area contributed by atoms with E-state index in [0.29, 0.717) is 44.2 Å². The van der Waals surface area contributed by atoms with Gasteiger partial charge in [0.05, 0.1) is 24.8 Å². The maximum absolute atomic E-state index is 13.2. The molecule has 7 nitrogen and oxygen atoms in total. The molecule has 2 fully saturated rings. The number of carbonyl (C=O) groups is 2. The predicted molar refractivity (Wildman–Crippen MR) is 134 cm³/mol. The van der Waals surface area contributed by atoms with E-state index in [9.17, 15) is 14.7 Å². The number of benzene rings is 2. The van der Waals surface area contributed by atoms with E-state index in [1.54, 1.807) is 29.2 Å². The Hall–Kier alpha value is -3.42. The highest BCUT2D eigenvalue weighted by atomic mass is 16.5. The van der Waals surface area contributed by atoms with Crippen LogP contribution in [-0.2, 0) is 14.3 Å². The molecule has 2 aromatic carbocycles. The van der Waals surface area contributed by atoms with Crippen LogP contribution in [0.15, 0.2) is 60.7 Å². The van der Waals surface area contributed by atoms with Crippen LogP contribution in [0.4, 0.5) is 0 Å². The minimum atomic E-state index is -0.667. The topological polar surface area (TPSA) is 79.3 Å². The van der Waals surface area contributed by atoms with E-state index in [2.05, 4.69) is 11.5 Å². The molecular weight excluding hydrogens is 444 g/mol. The van der Waals surface area contributed by atoms with Gasteiger partial charge in [0.25, 0.3) is 11.7 Å². The molecule has 0 bridgehead atoms. The number of hydrogen-bond donors (Lipinski definition) is 1. The van der Waals surface area contributed by atoms with Crippen LogP contribution in [0.3, 0.4) is 0 Å². The summed E-state index contributed by atoms with van der Waals surface area (Å²) in [4.78, 5) is 30.2. The molecule has 0 aliphatic carbocycles. The van der Waals surface area contributed by atoms with Gasteiger partial charge in [-0.15, -0.1) is 0 Å². The van der Waals surface area contributed by atoms with E-state index in [-0.39, 0.29) is 11.3 Å². The second kappa shape index (κ2) is 10.9. The van der Waals surface area contributed by atoms with Gasteiger partial charge in [-0.25, -0.2) is 0 Å². The molecule has 0 spiro atoms. The second-order valence-electron chi connectivity index (χ2n) is 8.94. The molecule has 1 N–H and O–H groups in total. The van der Waals surface area contributed by atoms with Crippen LogP contribution in [0, 0.1) is 13.8 Å². The maximum Gasteiger partial charge on any atom is 0.295 e. The highest BCUT2D eigenvalue weighted by Crippen LogP contribution is 2.39. The van der Waals surface area contributed by atoms with E-state index in [1.807, 2.05) is 38.1 Å². The second-order valence-corrected chi connectivity index (χ2v) is 8.94. The lowest BCUT2D eigenvalue weighted by Crippen LogP contribution is -2.42. The summed E-state index contributed by atoms with van der Waals surface area (Å²) in [5.74, 6) is -0.767. The van der Waals surface area contributed by atoms with Gasteiger partial charge in [0.15, 0.2) is 0 Å². The summed E-state index contributed by atoms with van der Waals surface area (Å²) in [6.07, 6.45) is 1.66. The lowest BCUT2D eigenvalue weighted by atomic mass is 9.94. The molecule has 2 saturated heterocycles. The number of Topliss-reactive ketones (excluding diaryl/α,β-unsaturated/α-hetero) is 1. The zero-order chi connectivity index (χ0) is 24.9. The Labute approximate surface area is 206 Å². The smallest absolute Gasteiger partial charge is 0.295 e. The first kappa shape index (κ1) is 24.7. The third-order valence-corrected chi connectivity index (χ3v) is 6.50.